The fraction of sp³-hybridized carbons (Fsp3) is 0.533. The molecule has 0 aliphatic carbocycles. The molecule has 0 aliphatic rings. The van der Waals surface area contributed by atoms with Gasteiger partial charge in [-0.2, -0.15) is 5.26 Å². The van der Waals surface area contributed by atoms with Gasteiger partial charge in [-0.3, -0.25) is 0 Å². The molecule has 0 radical (unpaired) electrons. The Kier molecular flexibility index (Phi) is 6.71. The zero-order valence-corrected chi connectivity index (χ0v) is 11.3. The Morgan fingerprint density at radius 1 is 1.22 bits per heavy atom. The van der Waals surface area contributed by atoms with E-state index in [2.05, 4.69) is 18.3 Å². The quantitative estimate of drug-likeness (QED) is 0.706. The number of nitriles is 1. The fourth-order valence-corrected chi connectivity index (χ4v) is 1.83. The molecule has 1 aromatic carbocycles. The largest absolute Gasteiger partial charge is 0.497 e. The zero-order chi connectivity index (χ0) is 13.2. The summed E-state index contributed by atoms with van der Waals surface area (Å²) in [5, 5.41) is 12.3. The normalized spacial score (nSPS) is 11.6. The Bertz CT molecular complexity index is 367. The van der Waals surface area contributed by atoms with Crippen LogP contribution in [-0.2, 0) is 0 Å². The average molecular weight is 246 g/mol. The van der Waals surface area contributed by atoms with Crippen molar-refractivity contribution in [1.82, 2.24) is 0 Å². The molecule has 0 aliphatic heterocycles. The van der Waals surface area contributed by atoms with Gasteiger partial charge >= 0.3 is 0 Å². The van der Waals surface area contributed by atoms with Gasteiger partial charge in [-0.1, -0.05) is 32.6 Å². The highest BCUT2D eigenvalue weighted by atomic mass is 16.5. The number of benzene rings is 1. The number of hydrogen-bond acceptors (Lipinski definition) is 3. The molecule has 3 heteroatoms. The third-order valence-electron chi connectivity index (χ3n) is 2.93. The van der Waals surface area contributed by atoms with Crippen LogP contribution in [0, 0.1) is 11.3 Å². The summed E-state index contributed by atoms with van der Waals surface area (Å²) in [5.41, 5.74) is 0.970. The fourth-order valence-electron chi connectivity index (χ4n) is 1.83. The van der Waals surface area contributed by atoms with Gasteiger partial charge in [-0.25, -0.2) is 0 Å². The molecule has 0 bridgehead atoms. The van der Waals surface area contributed by atoms with Gasteiger partial charge in [0.1, 0.15) is 11.8 Å². The first-order chi connectivity index (χ1) is 8.80. The molecule has 0 fully saturated rings. The van der Waals surface area contributed by atoms with Crippen molar-refractivity contribution in [2.24, 2.45) is 0 Å². The van der Waals surface area contributed by atoms with Gasteiger partial charge in [-0.15, -0.1) is 0 Å². The highest BCUT2D eigenvalue weighted by molar-refractivity contribution is 5.48. The van der Waals surface area contributed by atoms with Crippen LogP contribution in [0.3, 0.4) is 0 Å². The maximum atomic E-state index is 9.11. The SMILES string of the molecule is CCCCCCC(C#N)Nc1ccc(OC)cc1. The summed E-state index contributed by atoms with van der Waals surface area (Å²) in [6.45, 7) is 2.19. The monoisotopic (exact) mass is 246 g/mol. The lowest BCUT2D eigenvalue weighted by Crippen LogP contribution is -2.16. The van der Waals surface area contributed by atoms with Gasteiger partial charge < -0.3 is 10.1 Å². The minimum atomic E-state index is -0.102. The Morgan fingerprint density at radius 3 is 2.50 bits per heavy atom. The molecular formula is C15H22N2O. The summed E-state index contributed by atoms with van der Waals surface area (Å²) in [6.07, 6.45) is 5.69. The molecule has 1 rings (SSSR count). The Balaban J connectivity index is 2.39. The summed E-state index contributed by atoms with van der Waals surface area (Å²) in [5.74, 6) is 0.831. The molecule has 1 atom stereocenters. The highest BCUT2D eigenvalue weighted by Crippen LogP contribution is 2.17. The summed E-state index contributed by atoms with van der Waals surface area (Å²) in [7, 11) is 1.65. The van der Waals surface area contributed by atoms with Crippen LogP contribution in [0.25, 0.3) is 0 Å². The second-order valence-electron chi connectivity index (χ2n) is 4.40. The van der Waals surface area contributed by atoms with E-state index in [4.69, 9.17) is 10.00 Å². The van der Waals surface area contributed by atoms with Crippen molar-refractivity contribution >= 4 is 5.69 Å². The van der Waals surface area contributed by atoms with E-state index in [1.54, 1.807) is 7.11 Å². The van der Waals surface area contributed by atoms with Crippen LogP contribution in [-0.4, -0.2) is 13.2 Å². The van der Waals surface area contributed by atoms with Crippen molar-refractivity contribution in [2.75, 3.05) is 12.4 Å². The van der Waals surface area contributed by atoms with Gasteiger partial charge in [0.15, 0.2) is 0 Å². The number of ether oxygens (including phenoxy) is 1. The molecule has 0 saturated carbocycles. The zero-order valence-electron chi connectivity index (χ0n) is 11.3. The summed E-state index contributed by atoms with van der Waals surface area (Å²) >= 11 is 0. The molecule has 0 aromatic heterocycles. The predicted molar refractivity (Wildman–Crippen MR) is 74.8 cm³/mol. The van der Waals surface area contributed by atoms with Gasteiger partial charge in [0.25, 0.3) is 0 Å². The van der Waals surface area contributed by atoms with Gasteiger partial charge in [-0.05, 0) is 30.7 Å². The average Bonchev–Trinajstić information content (AvgIpc) is 2.43. The van der Waals surface area contributed by atoms with Crippen molar-refractivity contribution in [1.29, 1.82) is 5.26 Å². The lowest BCUT2D eigenvalue weighted by Gasteiger charge is -2.13. The van der Waals surface area contributed by atoms with Gasteiger partial charge in [0.2, 0.25) is 0 Å². The van der Waals surface area contributed by atoms with Crippen molar-refractivity contribution in [2.45, 2.75) is 45.1 Å². The summed E-state index contributed by atoms with van der Waals surface area (Å²) < 4.78 is 5.10. The Labute approximate surface area is 110 Å². The van der Waals surface area contributed by atoms with Crippen LogP contribution in [0.4, 0.5) is 5.69 Å². The van der Waals surface area contributed by atoms with E-state index in [-0.39, 0.29) is 6.04 Å². The maximum absolute atomic E-state index is 9.11. The van der Waals surface area contributed by atoms with Crippen LogP contribution in [0.15, 0.2) is 24.3 Å². The van der Waals surface area contributed by atoms with Crippen molar-refractivity contribution in [3.63, 3.8) is 0 Å². The van der Waals surface area contributed by atoms with Crippen molar-refractivity contribution in [3.05, 3.63) is 24.3 Å². The first-order valence-corrected chi connectivity index (χ1v) is 6.60. The number of rotatable bonds is 8. The molecule has 18 heavy (non-hydrogen) atoms. The van der Waals surface area contributed by atoms with Crippen LogP contribution < -0.4 is 10.1 Å². The minimum Gasteiger partial charge on any atom is -0.497 e. The molecule has 1 unspecified atom stereocenters. The maximum Gasteiger partial charge on any atom is 0.119 e. The summed E-state index contributed by atoms with van der Waals surface area (Å²) in [6, 6.07) is 9.88. The second-order valence-corrected chi connectivity index (χ2v) is 4.40. The van der Waals surface area contributed by atoms with E-state index in [1.165, 1.54) is 19.3 Å². The van der Waals surface area contributed by atoms with Crippen molar-refractivity contribution < 1.29 is 4.74 Å². The van der Waals surface area contributed by atoms with Crippen LogP contribution in [0.5, 0.6) is 5.75 Å². The van der Waals surface area contributed by atoms with E-state index in [9.17, 15) is 0 Å². The number of hydrogen-bond donors (Lipinski definition) is 1. The van der Waals surface area contributed by atoms with Crippen LogP contribution >= 0.6 is 0 Å². The standard InChI is InChI=1S/C15H22N2O/c1-3-4-5-6-7-14(12-16)17-13-8-10-15(18-2)11-9-13/h8-11,14,17H,3-7H2,1-2H3. The van der Waals surface area contributed by atoms with E-state index in [0.29, 0.717) is 0 Å². The number of nitrogens with zero attached hydrogens (tertiary/aromatic N) is 1. The van der Waals surface area contributed by atoms with E-state index in [1.807, 2.05) is 24.3 Å². The number of anilines is 1. The predicted octanol–water partition coefficient (Wildman–Crippen LogP) is 3.97. The first kappa shape index (κ1) is 14.4. The molecule has 0 heterocycles. The molecular weight excluding hydrogens is 224 g/mol. The molecule has 3 nitrogen and oxygen atoms in total. The topological polar surface area (TPSA) is 45.0 Å². The third kappa shape index (κ3) is 5.09. The molecule has 0 saturated heterocycles. The molecule has 98 valence electrons. The lowest BCUT2D eigenvalue weighted by molar-refractivity contribution is 0.415. The second kappa shape index (κ2) is 8.41. The minimum absolute atomic E-state index is 0.102. The molecule has 1 aromatic rings. The van der Waals surface area contributed by atoms with Gasteiger partial charge in [0, 0.05) is 5.69 Å². The van der Waals surface area contributed by atoms with Gasteiger partial charge in [0.05, 0.1) is 13.2 Å². The summed E-state index contributed by atoms with van der Waals surface area (Å²) in [4.78, 5) is 0. The Hall–Kier alpha value is -1.69. The first-order valence-electron chi connectivity index (χ1n) is 6.60. The van der Waals surface area contributed by atoms with Crippen LogP contribution in [0.2, 0.25) is 0 Å². The number of nitrogens with one attached hydrogen (secondary N) is 1. The molecule has 0 amide bonds. The van der Waals surface area contributed by atoms with E-state index in [0.717, 1.165) is 24.3 Å². The van der Waals surface area contributed by atoms with Crippen molar-refractivity contribution in [3.8, 4) is 11.8 Å². The van der Waals surface area contributed by atoms with E-state index < -0.39 is 0 Å². The molecule has 1 N–H and O–H groups in total. The smallest absolute Gasteiger partial charge is 0.119 e. The lowest BCUT2D eigenvalue weighted by atomic mass is 10.1. The highest BCUT2D eigenvalue weighted by Gasteiger charge is 2.06. The van der Waals surface area contributed by atoms with Crippen LogP contribution in [0.1, 0.15) is 39.0 Å². The molecule has 0 spiro atoms. The van der Waals surface area contributed by atoms with E-state index >= 15 is 0 Å². The number of unbranched alkanes of at least 4 members (excludes halogenated alkanes) is 3. The Morgan fingerprint density at radius 2 is 1.94 bits per heavy atom. The third-order valence-corrected chi connectivity index (χ3v) is 2.93. The number of methoxy groups -OCH3 is 1.